The van der Waals surface area contributed by atoms with Crippen molar-refractivity contribution in [3.63, 3.8) is 0 Å². The van der Waals surface area contributed by atoms with Gasteiger partial charge >= 0.3 is 5.97 Å². The molecule has 1 saturated heterocycles. The van der Waals surface area contributed by atoms with Crippen molar-refractivity contribution in [1.82, 2.24) is 4.90 Å². The molecule has 156 valence electrons. The summed E-state index contributed by atoms with van der Waals surface area (Å²) < 4.78 is 10.8. The molecule has 0 radical (unpaired) electrons. The second kappa shape index (κ2) is 8.44. The van der Waals surface area contributed by atoms with E-state index >= 15 is 0 Å². The number of esters is 1. The minimum absolute atomic E-state index is 0.0891. The quantitative estimate of drug-likeness (QED) is 0.696. The minimum atomic E-state index is -0.172. The number of benzene rings is 1. The highest BCUT2D eigenvalue weighted by molar-refractivity contribution is 5.91. The van der Waals surface area contributed by atoms with E-state index in [2.05, 4.69) is 46.8 Å². The third-order valence-electron chi connectivity index (χ3n) is 5.77. The number of piperidine rings is 1. The Hall–Kier alpha value is -2.56. The van der Waals surface area contributed by atoms with Gasteiger partial charge in [-0.15, -0.1) is 0 Å². The number of furan rings is 1. The largest absolute Gasteiger partial charge is 0.461 e. The zero-order valence-electron chi connectivity index (χ0n) is 18.1. The zero-order chi connectivity index (χ0) is 21.2. The second-order valence-electron chi connectivity index (χ2n) is 8.99. The van der Waals surface area contributed by atoms with Crippen LogP contribution in [-0.4, -0.2) is 29.9 Å². The lowest BCUT2D eigenvalue weighted by Gasteiger charge is -2.30. The molecule has 5 nitrogen and oxygen atoms in total. The van der Waals surface area contributed by atoms with E-state index in [0.29, 0.717) is 38.3 Å². The Labute approximate surface area is 173 Å². The van der Waals surface area contributed by atoms with Crippen LogP contribution < -0.4 is 0 Å². The van der Waals surface area contributed by atoms with Crippen LogP contribution in [0.4, 0.5) is 0 Å². The molecule has 2 aromatic rings. The highest BCUT2D eigenvalue weighted by Gasteiger charge is 2.30. The number of amides is 1. The van der Waals surface area contributed by atoms with E-state index in [1.54, 1.807) is 17.0 Å². The van der Waals surface area contributed by atoms with Crippen molar-refractivity contribution in [2.45, 2.75) is 59.5 Å². The van der Waals surface area contributed by atoms with E-state index < -0.39 is 0 Å². The van der Waals surface area contributed by atoms with E-state index in [1.807, 2.05) is 0 Å². The van der Waals surface area contributed by atoms with Crippen molar-refractivity contribution in [3.05, 3.63) is 58.5 Å². The first-order valence-corrected chi connectivity index (χ1v) is 10.3. The Morgan fingerprint density at radius 3 is 2.28 bits per heavy atom. The third kappa shape index (κ3) is 4.89. The van der Waals surface area contributed by atoms with E-state index in [1.165, 1.54) is 11.8 Å². The van der Waals surface area contributed by atoms with Crippen molar-refractivity contribution in [2.24, 2.45) is 5.92 Å². The predicted molar refractivity (Wildman–Crippen MR) is 112 cm³/mol. The number of carbonyl (C=O) groups excluding carboxylic acids is 2. The van der Waals surface area contributed by atoms with Gasteiger partial charge in [-0.1, -0.05) is 32.9 Å². The van der Waals surface area contributed by atoms with E-state index in [-0.39, 0.29) is 23.2 Å². The van der Waals surface area contributed by atoms with Crippen LogP contribution in [0.15, 0.2) is 34.9 Å². The first kappa shape index (κ1) is 21.2. The van der Waals surface area contributed by atoms with E-state index in [9.17, 15) is 9.59 Å². The molecule has 1 aromatic carbocycles. The van der Waals surface area contributed by atoms with Crippen LogP contribution in [0.2, 0.25) is 0 Å². The van der Waals surface area contributed by atoms with Crippen molar-refractivity contribution in [2.75, 3.05) is 13.1 Å². The lowest BCUT2D eigenvalue weighted by Crippen LogP contribution is -2.40. The third-order valence-corrected chi connectivity index (χ3v) is 5.77. The van der Waals surface area contributed by atoms with Crippen LogP contribution >= 0.6 is 0 Å². The Balaban J connectivity index is 1.55. The fraction of sp³-hybridized carbons (Fsp3) is 0.500. The summed E-state index contributed by atoms with van der Waals surface area (Å²) in [5, 5.41) is 0. The fourth-order valence-electron chi connectivity index (χ4n) is 3.79. The molecule has 0 bridgehead atoms. The van der Waals surface area contributed by atoms with Gasteiger partial charge in [-0.05, 0) is 66.5 Å². The van der Waals surface area contributed by atoms with Gasteiger partial charge in [0.2, 0.25) is 0 Å². The number of rotatable bonds is 4. The first-order chi connectivity index (χ1) is 13.7. The summed E-state index contributed by atoms with van der Waals surface area (Å²) in [7, 11) is 0. The van der Waals surface area contributed by atoms with Gasteiger partial charge in [0.1, 0.15) is 6.61 Å². The standard InChI is InChI=1S/C24H31NO4/c1-16-13-19(24(3,4)5)14-17(2)20(16)15-29-23(27)18-8-10-25(11-9-18)22(26)21-7-6-12-28-21/h6-7,12-14,18H,8-11,15H2,1-5H3. The molecule has 1 aliphatic rings. The molecular formula is C24H31NO4. The monoisotopic (exact) mass is 397 g/mol. The van der Waals surface area contributed by atoms with Gasteiger partial charge in [0.15, 0.2) is 5.76 Å². The fourth-order valence-corrected chi connectivity index (χ4v) is 3.79. The van der Waals surface area contributed by atoms with Crippen LogP contribution in [0.1, 0.15) is 66.4 Å². The summed E-state index contributed by atoms with van der Waals surface area (Å²) >= 11 is 0. The van der Waals surface area contributed by atoms with Crippen LogP contribution in [0.25, 0.3) is 0 Å². The Morgan fingerprint density at radius 1 is 1.14 bits per heavy atom. The van der Waals surface area contributed by atoms with Gasteiger partial charge < -0.3 is 14.1 Å². The average Bonchev–Trinajstić information content (AvgIpc) is 3.20. The highest BCUT2D eigenvalue weighted by atomic mass is 16.5. The molecule has 2 heterocycles. The normalized spacial score (nSPS) is 15.4. The molecule has 0 saturated carbocycles. The van der Waals surface area contributed by atoms with Crippen LogP contribution in [0.3, 0.4) is 0 Å². The van der Waals surface area contributed by atoms with E-state index in [4.69, 9.17) is 9.15 Å². The van der Waals surface area contributed by atoms with Crippen molar-refractivity contribution >= 4 is 11.9 Å². The van der Waals surface area contributed by atoms with Crippen LogP contribution in [0.5, 0.6) is 0 Å². The van der Waals surface area contributed by atoms with Gasteiger partial charge in [-0.25, -0.2) is 0 Å². The molecule has 0 aliphatic carbocycles. The summed E-state index contributed by atoms with van der Waals surface area (Å²) in [6.45, 7) is 12.1. The van der Waals surface area contributed by atoms with Crippen molar-refractivity contribution in [3.8, 4) is 0 Å². The SMILES string of the molecule is Cc1cc(C(C)(C)C)cc(C)c1COC(=O)C1CCN(C(=O)c2ccco2)CC1. The zero-order valence-corrected chi connectivity index (χ0v) is 18.1. The molecule has 1 aromatic heterocycles. The Kier molecular flexibility index (Phi) is 6.15. The molecule has 0 spiro atoms. The maximum absolute atomic E-state index is 12.6. The van der Waals surface area contributed by atoms with Gasteiger partial charge in [0.05, 0.1) is 12.2 Å². The lowest BCUT2D eigenvalue weighted by atomic mass is 9.84. The number of nitrogens with zero attached hydrogens (tertiary/aromatic N) is 1. The van der Waals surface area contributed by atoms with Crippen LogP contribution in [-0.2, 0) is 21.6 Å². The maximum Gasteiger partial charge on any atom is 0.309 e. The summed E-state index contributed by atoms with van der Waals surface area (Å²) in [6.07, 6.45) is 2.73. The molecule has 0 unspecified atom stereocenters. The molecule has 0 atom stereocenters. The Bertz CT molecular complexity index is 846. The number of hydrogen-bond acceptors (Lipinski definition) is 4. The molecule has 1 amide bonds. The average molecular weight is 398 g/mol. The highest BCUT2D eigenvalue weighted by Crippen LogP contribution is 2.28. The van der Waals surface area contributed by atoms with Gasteiger partial charge in [0, 0.05) is 13.1 Å². The maximum atomic E-state index is 12.6. The number of ether oxygens (including phenoxy) is 1. The van der Waals surface area contributed by atoms with Gasteiger partial charge in [0.25, 0.3) is 5.91 Å². The van der Waals surface area contributed by atoms with Crippen LogP contribution in [0, 0.1) is 19.8 Å². The van der Waals surface area contributed by atoms with E-state index in [0.717, 1.165) is 16.7 Å². The summed E-state index contributed by atoms with van der Waals surface area (Å²) in [4.78, 5) is 26.7. The minimum Gasteiger partial charge on any atom is -0.461 e. The first-order valence-electron chi connectivity index (χ1n) is 10.3. The molecule has 1 aliphatic heterocycles. The number of likely N-dealkylation sites (tertiary alicyclic amines) is 1. The van der Waals surface area contributed by atoms with Crippen molar-refractivity contribution < 1.29 is 18.7 Å². The molecule has 5 heteroatoms. The summed E-state index contributed by atoms with van der Waals surface area (Å²) in [6, 6.07) is 7.75. The Morgan fingerprint density at radius 2 is 1.76 bits per heavy atom. The second-order valence-corrected chi connectivity index (χ2v) is 8.99. The molecule has 29 heavy (non-hydrogen) atoms. The molecular weight excluding hydrogens is 366 g/mol. The predicted octanol–water partition coefficient (Wildman–Crippen LogP) is 4.79. The molecule has 3 rings (SSSR count). The van der Waals surface area contributed by atoms with Gasteiger partial charge in [-0.2, -0.15) is 0 Å². The number of carbonyl (C=O) groups is 2. The number of hydrogen-bond donors (Lipinski definition) is 0. The van der Waals surface area contributed by atoms with Gasteiger partial charge in [-0.3, -0.25) is 9.59 Å². The molecule has 0 N–H and O–H groups in total. The smallest absolute Gasteiger partial charge is 0.309 e. The molecule has 1 fully saturated rings. The lowest BCUT2D eigenvalue weighted by molar-refractivity contribution is -0.151. The summed E-state index contributed by atoms with van der Waals surface area (Å²) in [5.41, 5.74) is 4.77. The van der Waals surface area contributed by atoms with Crippen molar-refractivity contribution in [1.29, 1.82) is 0 Å². The summed E-state index contributed by atoms with van der Waals surface area (Å²) in [5.74, 6) is -0.110. The number of aryl methyl sites for hydroxylation is 2. The topological polar surface area (TPSA) is 59.8 Å².